The van der Waals surface area contributed by atoms with Gasteiger partial charge in [0.15, 0.2) is 0 Å². The molecule has 3 aromatic carbocycles. The molecule has 0 aliphatic carbocycles. The van der Waals surface area contributed by atoms with Gasteiger partial charge >= 0.3 is 6.61 Å². The van der Waals surface area contributed by atoms with E-state index in [1.54, 1.807) is 30.3 Å². The molecule has 0 aromatic heterocycles. The number of ether oxygens (including phenoxy) is 1. The molecule has 0 fully saturated rings. The number of anilines is 2. The van der Waals surface area contributed by atoms with E-state index in [4.69, 9.17) is 0 Å². The molecule has 0 bridgehead atoms. The second kappa shape index (κ2) is 10.5. The van der Waals surface area contributed by atoms with Gasteiger partial charge < -0.3 is 10.1 Å². The van der Waals surface area contributed by atoms with Crippen LogP contribution in [0.4, 0.5) is 24.5 Å². The molecule has 0 aliphatic rings. The van der Waals surface area contributed by atoms with E-state index >= 15 is 0 Å². The van der Waals surface area contributed by atoms with Crippen LogP contribution >= 0.6 is 0 Å². The summed E-state index contributed by atoms with van der Waals surface area (Å²) >= 11 is 0. The third-order valence-corrected chi connectivity index (χ3v) is 4.88. The molecule has 1 atom stereocenters. The van der Waals surface area contributed by atoms with Crippen molar-refractivity contribution in [3.63, 3.8) is 0 Å². The summed E-state index contributed by atoms with van der Waals surface area (Å²) in [6.07, 6.45) is 4.37. The number of hydrogen-bond acceptors (Lipinski definition) is 2. The van der Waals surface area contributed by atoms with Crippen LogP contribution in [0.2, 0.25) is 0 Å². The van der Waals surface area contributed by atoms with Crippen molar-refractivity contribution in [1.29, 1.82) is 0 Å². The van der Waals surface area contributed by atoms with Gasteiger partial charge in [-0.2, -0.15) is 8.78 Å². The fourth-order valence-corrected chi connectivity index (χ4v) is 3.34. The molecule has 0 aliphatic heterocycles. The van der Waals surface area contributed by atoms with Crippen LogP contribution in [-0.4, -0.2) is 6.61 Å². The molecular formula is C25H24F3NO. The predicted octanol–water partition coefficient (Wildman–Crippen LogP) is 7.46. The summed E-state index contributed by atoms with van der Waals surface area (Å²) in [6.45, 7) is 1.07. The van der Waals surface area contributed by atoms with Crippen molar-refractivity contribution in [3.8, 4) is 5.75 Å². The van der Waals surface area contributed by atoms with E-state index in [1.165, 1.54) is 6.07 Å². The van der Waals surface area contributed by atoms with Crippen LogP contribution in [0.3, 0.4) is 0 Å². The number of halogens is 3. The molecule has 0 saturated heterocycles. The molecule has 0 radical (unpaired) electrons. The van der Waals surface area contributed by atoms with E-state index in [-0.39, 0.29) is 17.5 Å². The van der Waals surface area contributed by atoms with E-state index in [9.17, 15) is 13.2 Å². The average molecular weight is 411 g/mol. The van der Waals surface area contributed by atoms with Crippen molar-refractivity contribution in [2.75, 3.05) is 5.32 Å². The highest BCUT2D eigenvalue weighted by molar-refractivity contribution is 5.60. The second-order valence-corrected chi connectivity index (χ2v) is 6.99. The van der Waals surface area contributed by atoms with Gasteiger partial charge in [0.05, 0.1) is 5.69 Å². The van der Waals surface area contributed by atoms with Gasteiger partial charge in [0, 0.05) is 11.6 Å². The van der Waals surface area contributed by atoms with Gasteiger partial charge in [0.2, 0.25) is 0 Å². The Morgan fingerprint density at radius 2 is 1.70 bits per heavy atom. The summed E-state index contributed by atoms with van der Waals surface area (Å²) in [4.78, 5) is 0. The molecule has 1 N–H and O–H groups in total. The van der Waals surface area contributed by atoms with Crippen LogP contribution in [0, 0.1) is 5.82 Å². The van der Waals surface area contributed by atoms with Crippen LogP contribution < -0.4 is 10.1 Å². The fraction of sp³-hybridized carbons (Fsp3) is 0.200. The maximum Gasteiger partial charge on any atom is 0.387 e. The number of aryl methyl sites for hydroxylation is 1. The van der Waals surface area contributed by atoms with Crippen LogP contribution in [0.25, 0.3) is 0 Å². The topological polar surface area (TPSA) is 21.3 Å². The molecule has 30 heavy (non-hydrogen) atoms. The van der Waals surface area contributed by atoms with Crippen molar-refractivity contribution < 1.29 is 17.9 Å². The average Bonchev–Trinajstić information content (AvgIpc) is 2.74. The molecule has 0 heterocycles. The van der Waals surface area contributed by atoms with E-state index < -0.39 is 6.61 Å². The van der Waals surface area contributed by atoms with Crippen LogP contribution in [-0.2, 0) is 6.42 Å². The van der Waals surface area contributed by atoms with Gasteiger partial charge in [-0.15, -0.1) is 6.58 Å². The SMILES string of the molecule is C=CC(CCCc1ccc(F)c(Nc2ccccc2)c1)c1ccc(OC(F)F)cc1. The van der Waals surface area contributed by atoms with E-state index in [1.807, 2.05) is 42.5 Å². The first kappa shape index (κ1) is 21.5. The highest BCUT2D eigenvalue weighted by atomic mass is 19.3. The Kier molecular flexibility index (Phi) is 7.55. The summed E-state index contributed by atoms with van der Waals surface area (Å²) in [5.41, 5.74) is 3.32. The Labute approximate surface area is 175 Å². The van der Waals surface area contributed by atoms with Gasteiger partial charge in [0.1, 0.15) is 11.6 Å². The Morgan fingerprint density at radius 3 is 2.37 bits per heavy atom. The standard InChI is InChI=1S/C25H24F3NO/c1-2-19(20-12-14-22(15-13-20)30-25(27)28)8-6-7-18-11-16-23(26)24(17-18)29-21-9-4-3-5-10-21/h2-5,9-17,19,25,29H,1,6-8H2. The summed E-state index contributed by atoms with van der Waals surface area (Å²) in [7, 11) is 0. The predicted molar refractivity (Wildman–Crippen MR) is 115 cm³/mol. The summed E-state index contributed by atoms with van der Waals surface area (Å²) in [5.74, 6) is -0.0491. The number of benzene rings is 3. The smallest absolute Gasteiger partial charge is 0.387 e. The molecule has 3 aromatic rings. The minimum absolute atomic E-state index is 0.105. The third kappa shape index (κ3) is 6.14. The molecule has 0 amide bonds. The van der Waals surface area contributed by atoms with Crippen LogP contribution in [0.1, 0.15) is 29.9 Å². The monoisotopic (exact) mass is 411 g/mol. The Morgan fingerprint density at radius 1 is 0.967 bits per heavy atom. The first-order valence-corrected chi connectivity index (χ1v) is 9.83. The number of para-hydroxylation sites is 1. The molecule has 0 saturated carbocycles. The molecule has 0 spiro atoms. The van der Waals surface area contributed by atoms with Gasteiger partial charge in [-0.25, -0.2) is 4.39 Å². The fourth-order valence-electron chi connectivity index (χ4n) is 3.34. The zero-order valence-corrected chi connectivity index (χ0v) is 16.5. The summed E-state index contributed by atoms with van der Waals surface area (Å²) in [6, 6.07) is 21.2. The lowest BCUT2D eigenvalue weighted by molar-refractivity contribution is -0.0498. The minimum atomic E-state index is -2.83. The van der Waals surface area contributed by atoms with E-state index in [2.05, 4.69) is 16.6 Å². The molecule has 3 rings (SSSR count). The number of nitrogens with one attached hydrogen (secondary N) is 1. The Hall–Kier alpha value is -3.21. The lowest BCUT2D eigenvalue weighted by Crippen LogP contribution is -2.02. The lowest BCUT2D eigenvalue weighted by atomic mass is 9.92. The number of rotatable bonds is 10. The molecular weight excluding hydrogens is 387 g/mol. The van der Waals surface area contributed by atoms with Gasteiger partial charge in [-0.1, -0.05) is 42.5 Å². The minimum Gasteiger partial charge on any atom is -0.435 e. The molecule has 5 heteroatoms. The third-order valence-electron chi connectivity index (χ3n) is 4.88. The normalized spacial score (nSPS) is 11.9. The van der Waals surface area contributed by atoms with Crippen LogP contribution in [0.15, 0.2) is 85.5 Å². The largest absolute Gasteiger partial charge is 0.435 e. The van der Waals surface area contributed by atoms with Gasteiger partial charge in [-0.3, -0.25) is 0 Å². The number of alkyl halides is 2. The van der Waals surface area contributed by atoms with Crippen molar-refractivity contribution in [2.45, 2.75) is 31.8 Å². The Balaban J connectivity index is 1.58. The van der Waals surface area contributed by atoms with Crippen molar-refractivity contribution in [2.24, 2.45) is 0 Å². The maximum atomic E-state index is 14.2. The van der Waals surface area contributed by atoms with Crippen molar-refractivity contribution in [3.05, 3.63) is 102 Å². The first-order valence-electron chi connectivity index (χ1n) is 9.83. The highest BCUT2D eigenvalue weighted by Gasteiger charge is 2.10. The van der Waals surface area contributed by atoms with E-state index in [0.717, 1.165) is 36.1 Å². The number of allylic oxidation sites excluding steroid dienone is 1. The molecule has 2 nitrogen and oxygen atoms in total. The maximum absolute atomic E-state index is 14.2. The zero-order chi connectivity index (χ0) is 21.3. The van der Waals surface area contributed by atoms with Gasteiger partial charge in [-0.05, 0) is 66.8 Å². The quantitative estimate of drug-likeness (QED) is 0.350. The summed E-state index contributed by atoms with van der Waals surface area (Å²) in [5, 5.41) is 3.11. The van der Waals surface area contributed by atoms with E-state index in [0.29, 0.717) is 5.69 Å². The highest BCUT2D eigenvalue weighted by Crippen LogP contribution is 2.27. The number of hydrogen-bond donors (Lipinski definition) is 1. The zero-order valence-electron chi connectivity index (χ0n) is 16.5. The second-order valence-electron chi connectivity index (χ2n) is 6.99. The summed E-state index contributed by atoms with van der Waals surface area (Å²) < 4.78 is 43.1. The Bertz CT molecular complexity index is 942. The van der Waals surface area contributed by atoms with Gasteiger partial charge in [0.25, 0.3) is 0 Å². The van der Waals surface area contributed by atoms with Crippen molar-refractivity contribution >= 4 is 11.4 Å². The molecule has 1 unspecified atom stereocenters. The first-order chi connectivity index (χ1) is 14.5. The molecule has 156 valence electrons. The van der Waals surface area contributed by atoms with Crippen LogP contribution in [0.5, 0.6) is 5.75 Å². The van der Waals surface area contributed by atoms with Crippen molar-refractivity contribution in [1.82, 2.24) is 0 Å². The lowest BCUT2D eigenvalue weighted by Gasteiger charge is -2.14.